The van der Waals surface area contributed by atoms with Crippen LogP contribution in [0.1, 0.15) is 24.3 Å². The zero-order valence-corrected chi connectivity index (χ0v) is 10.5. The number of hydrogen-bond donors (Lipinski definition) is 1. The lowest BCUT2D eigenvalue weighted by molar-refractivity contribution is 0.0821. The van der Waals surface area contributed by atoms with Crippen LogP contribution in [0.25, 0.3) is 0 Å². The zero-order chi connectivity index (χ0) is 13.1. The van der Waals surface area contributed by atoms with Gasteiger partial charge in [-0.3, -0.25) is 4.79 Å². The first-order valence-electron chi connectivity index (χ1n) is 5.17. The number of amides is 1. The molecule has 1 N–H and O–H groups in total. The third-order valence-electron chi connectivity index (χ3n) is 2.09. The molecule has 0 aliphatic rings. The van der Waals surface area contributed by atoms with E-state index < -0.39 is 5.54 Å². The molecule has 0 aliphatic heterocycles. The number of terminal acetylenes is 1. The van der Waals surface area contributed by atoms with E-state index in [2.05, 4.69) is 21.4 Å². The fraction of sp³-hybridized carbons (Fsp3) is 0.417. The molecule has 0 bridgehead atoms. The van der Waals surface area contributed by atoms with Crippen molar-refractivity contribution in [2.75, 3.05) is 19.4 Å². The maximum atomic E-state index is 11.6. The summed E-state index contributed by atoms with van der Waals surface area (Å²) in [5.41, 5.74) is -0.194. The standard InChI is InChI=1S/C12H16N4O/c1-6-12(2,3)13-10-8-7-9(14-15-10)11(17)16(4)5/h1,7-8H,2-5H3,(H,13,15). The van der Waals surface area contributed by atoms with Gasteiger partial charge in [-0.1, -0.05) is 5.92 Å². The summed E-state index contributed by atoms with van der Waals surface area (Å²) in [5, 5.41) is 10.8. The molecule has 0 radical (unpaired) electrons. The van der Waals surface area contributed by atoms with Crippen LogP contribution in [0, 0.1) is 12.3 Å². The molecule has 1 heterocycles. The Kier molecular flexibility index (Phi) is 3.69. The molecule has 0 saturated carbocycles. The number of anilines is 1. The second-order valence-corrected chi connectivity index (χ2v) is 4.40. The molecule has 0 atom stereocenters. The van der Waals surface area contributed by atoms with Crippen LogP contribution in [0.4, 0.5) is 5.82 Å². The van der Waals surface area contributed by atoms with E-state index in [0.29, 0.717) is 11.5 Å². The normalized spacial score (nSPS) is 10.5. The molecule has 0 aliphatic carbocycles. The molecular formula is C12H16N4O. The Morgan fingerprint density at radius 2 is 2.06 bits per heavy atom. The molecular weight excluding hydrogens is 216 g/mol. The van der Waals surface area contributed by atoms with E-state index >= 15 is 0 Å². The topological polar surface area (TPSA) is 58.1 Å². The van der Waals surface area contributed by atoms with Crippen molar-refractivity contribution in [3.63, 3.8) is 0 Å². The van der Waals surface area contributed by atoms with E-state index in [1.807, 2.05) is 13.8 Å². The molecule has 1 aromatic heterocycles. The molecule has 0 spiro atoms. The lowest BCUT2D eigenvalue weighted by atomic mass is 10.1. The highest BCUT2D eigenvalue weighted by molar-refractivity contribution is 5.91. The van der Waals surface area contributed by atoms with Crippen LogP contribution in [0.3, 0.4) is 0 Å². The summed E-state index contributed by atoms with van der Waals surface area (Å²) in [6, 6.07) is 3.30. The largest absolute Gasteiger partial charge is 0.353 e. The lowest BCUT2D eigenvalue weighted by Gasteiger charge is -2.19. The molecule has 1 aromatic rings. The van der Waals surface area contributed by atoms with E-state index in [4.69, 9.17) is 6.42 Å². The van der Waals surface area contributed by atoms with Crippen molar-refractivity contribution in [3.05, 3.63) is 17.8 Å². The van der Waals surface area contributed by atoms with Crippen molar-refractivity contribution >= 4 is 11.7 Å². The zero-order valence-electron chi connectivity index (χ0n) is 10.5. The maximum absolute atomic E-state index is 11.6. The average molecular weight is 232 g/mol. The van der Waals surface area contributed by atoms with Gasteiger partial charge in [0, 0.05) is 14.1 Å². The van der Waals surface area contributed by atoms with Gasteiger partial charge in [0.1, 0.15) is 5.82 Å². The SMILES string of the molecule is C#CC(C)(C)Nc1ccc(C(=O)N(C)C)nn1. The van der Waals surface area contributed by atoms with Gasteiger partial charge in [0.05, 0.1) is 5.54 Å². The average Bonchev–Trinajstić information content (AvgIpc) is 2.28. The van der Waals surface area contributed by atoms with E-state index in [9.17, 15) is 4.79 Å². The van der Waals surface area contributed by atoms with Gasteiger partial charge in [0.2, 0.25) is 0 Å². The van der Waals surface area contributed by atoms with Crippen LogP contribution in [0.15, 0.2) is 12.1 Å². The predicted molar refractivity (Wildman–Crippen MR) is 66.6 cm³/mol. The van der Waals surface area contributed by atoms with Crippen molar-refractivity contribution < 1.29 is 4.79 Å². The summed E-state index contributed by atoms with van der Waals surface area (Å²) in [6.07, 6.45) is 5.35. The highest BCUT2D eigenvalue weighted by atomic mass is 16.2. The number of carbonyl (C=O) groups excluding carboxylic acids is 1. The summed E-state index contributed by atoms with van der Waals surface area (Å²) in [6.45, 7) is 3.71. The number of hydrogen-bond acceptors (Lipinski definition) is 4. The highest BCUT2D eigenvalue weighted by Crippen LogP contribution is 2.11. The Labute approximate surface area is 101 Å². The number of nitrogens with one attached hydrogen (secondary N) is 1. The van der Waals surface area contributed by atoms with Gasteiger partial charge in [-0.2, -0.15) is 0 Å². The van der Waals surface area contributed by atoms with Crippen LogP contribution in [-0.4, -0.2) is 40.6 Å². The summed E-state index contributed by atoms with van der Waals surface area (Å²) in [4.78, 5) is 13.0. The molecule has 1 amide bonds. The minimum absolute atomic E-state index is 0.180. The molecule has 0 unspecified atom stereocenters. The van der Waals surface area contributed by atoms with Crippen LogP contribution in [0.2, 0.25) is 0 Å². The molecule has 5 heteroatoms. The second-order valence-electron chi connectivity index (χ2n) is 4.40. The Bertz CT molecular complexity index is 443. The van der Waals surface area contributed by atoms with E-state index in [-0.39, 0.29) is 5.91 Å². The van der Waals surface area contributed by atoms with Gasteiger partial charge in [0.15, 0.2) is 5.69 Å². The number of aromatic nitrogens is 2. The van der Waals surface area contributed by atoms with Crippen molar-refractivity contribution in [1.29, 1.82) is 0 Å². The highest BCUT2D eigenvalue weighted by Gasteiger charge is 2.15. The molecule has 90 valence electrons. The third kappa shape index (κ3) is 3.45. The van der Waals surface area contributed by atoms with Crippen molar-refractivity contribution in [3.8, 4) is 12.3 Å². The second kappa shape index (κ2) is 4.83. The number of nitrogens with zero attached hydrogens (tertiary/aromatic N) is 3. The van der Waals surface area contributed by atoms with E-state index in [1.54, 1.807) is 26.2 Å². The van der Waals surface area contributed by atoms with Crippen LogP contribution >= 0.6 is 0 Å². The van der Waals surface area contributed by atoms with Gasteiger partial charge in [-0.05, 0) is 26.0 Å². The third-order valence-corrected chi connectivity index (χ3v) is 2.09. The Morgan fingerprint density at radius 3 is 2.47 bits per heavy atom. The van der Waals surface area contributed by atoms with Crippen LogP contribution in [0.5, 0.6) is 0 Å². The lowest BCUT2D eigenvalue weighted by Crippen LogP contribution is -2.29. The predicted octanol–water partition coefficient (Wildman–Crippen LogP) is 1.00. The minimum atomic E-state index is -0.498. The quantitative estimate of drug-likeness (QED) is 0.790. The summed E-state index contributed by atoms with van der Waals surface area (Å²) in [7, 11) is 3.33. The summed E-state index contributed by atoms with van der Waals surface area (Å²) in [5.74, 6) is 2.96. The maximum Gasteiger partial charge on any atom is 0.273 e. The molecule has 1 rings (SSSR count). The fourth-order valence-electron chi connectivity index (χ4n) is 1.10. The number of carbonyl (C=O) groups is 1. The molecule has 0 saturated heterocycles. The smallest absolute Gasteiger partial charge is 0.273 e. The van der Waals surface area contributed by atoms with E-state index in [1.165, 1.54) is 4.90 Å². The van der Waals surface area contributed by atoms with Gasteiger partial charge < -0.3 is 10.2 Å². The van der Waals surface area contributed by atoms with Gasteiger partial charge in [-0.25, -0.2) is 0 Å². The molecule has 0 fully saturated rings. The van der Waals surface area contributed by atoms with Crippen molar-refractivity contribution in [2.24, 2.45) is 0 Å². The van der Waals surface area contributed by atoms with Crippen molar-refractivity contribution in [1.82, 2.24) is 15.1 Å². The van der Waals surface area contributed by atoms with Crippen LogP contribution < -0.4 is 5.32 Å². The molecule has 0 aromatic carbocycles. The van der Waals surface area contributed by atoms with Gasteiger partial charge in [-0.15, -0.1) is 16.6 Å². The van der Waals surface area contributed by atoms with Gasteiger partial charge in [0.25, 0.3) is 5.91 Å². The Balaban J connectivity index is 2.83. The van der Waals surface area contributed by atoms with Crippen molar-refractivity contribution in [2.45, 2.75) is 19.4 Å². The monoisotopic (exact) mass is 232 g/mol. The fourth-order valence-corrected chi connectivity index (χ4v) is 1.10. The Morgan fingerprint density at radius 1 is 1.41 bits per heavy atom. The summed E-state index contributed by atoms with van der Waals surface area (Å²) < 4.78 is 0. The first-order chi connectivity index (χ1) is 7.85. The van der Waals surface area contributed by atoms with E-state index in [0.717, 1.165) is 0 Å². The first-order valence-corrected chi connectivity index (χ1v) is 5.17. The first kappa shape index (κ1) is 13.0. The minimum Gasteiger partial charge on any atom is -0.353 e. The summed E-state index contributed by atoms with van der Waals surface area (Å²) >= 11 is 0. The Hall–Kier alpha value is -2.09. The number of rotatable bonds is 3. The molecule has 5 nitrogen and oxygen atoms in total. The van der Waals surface area contributed by atoms with Crippen LogP contribution in [-0.2, 0) is 0 Å². The van der Waals surface area contributed by atoms with Gasteiger partial charge >= 0.3 is 0 Å². The molecule has 17 heavy (non-hydrogen) atoms.